The van der Waals surface area contributed by atoms with Crippen LogP contribution in [0, 0.1) is 5.82 Å². The Bertz CT molecular complexity index is 570. The molecule has 5 heteroatoms. The molecule has 1 saturated carbocycles. The molecule has 0 aliphatic heterocycles. The van der Waals surface area contributed by atoms with Gasteiger partial charge in [-0.2, -0.15) is 5.10 Å². The summed E-state index contributed by atoms with van der Waals surface area (Å²) in [4.78, 5) is 0. The Balaban J connectivity index is 1.66. The Morgan fingerprint density at radius 3 is 2.85 bits per heavy atom. The zero-order valence-electron chi connectivity index (χ0n) is 11.1. The Kier molecular flexibility index (Phi) is 4.05. The molecule has 1 aromatic carbocycles. The number of aromatic nitrogens is 2. The van der Waals surface area contributed by atoms with E-state index in [1.807, 2.05) is 18.3 Å². The highest BCUT2D eigenvalue weighted by Gasteiger charge is 2.17. The molecule has 0 radical (unpaired) electrons. The molecule has 1 aromatic heterocycles. The normalized spacial score (nSPS) is 15.7. The second kappa shape index (κ2) is 5.95. The predicted octanol–water partition coefficient (Wildman–Crippen LogP) is 4.51. The molecule has 2 aromatic rings. The molecular formula is C15H17BrFN3. The van der Waals surface area contributed by atoms with Gasteiger partial charge < -0.3 is 5.32 Å². The van der Waals surface area contributed by atoms with Gasteiger partial charge in [-0.15, -0.1) is 0 Å². The van der Waals surface area contributed by atoms with Crippen LogP contribution in [0.2, 0.25) is 0 Å². The summed E-state index contributed by atoms with van der Waals surface area (Å²) in [6.07, 6.45) is 7.05. The number of hydrogen-bond acceptors (Lipinski definition) is 2. The van der Waals surface area contributed by atoms with Crippen molar-refractivity contribution in [3.63, 3.8) is 0 Å². The fraction of sp³-hybridized carbons (Fsp3) is 0.400. The van der Waals surface area contributed by atoms with Crippen molar-refractivity contribution in [2.75, 3.05) is 5.32 Å². The van der Waals surface area contributed by atoms with Crippen LogP contribution in [0.25, 0.3) is 0 Å². The topological polar surface area (TPSA) is 29.9 Å². The van der Waals surface area contributed by atoms with Crippen LogP contribution in [0.5, 0.6) is 0 Å². The van der Waals surface area contributed by atoms with E-state index in [1.54, 1.807) is 6.07 Å². The van der Waals surface area contributed by atoms with E-state index in [2.05, 4.69) is 31.0 Å². The highest BCUT2D eigenvalue weighted by molar-refractivity contribution is 9.10. The SMILES string of the molecule is Fc1cccc(Br)c1NCc1ccn(C2CCCC2)n1. The van der Waals surface area contributed by atoms with Crippen molar-refractivity contribution >= 4 is 21.6 Å². The average Bonchev–Trinajstić information content (AvgIpc) is 3.09. The quantitative estimate of drug-likeness (QED) is 0.889. The zero-order valence-corrected chi connectivity index (χ0v) is 12.7. The van der Waals surface area contributed by atoms with Gasteiger partial charge in [0.05, 0.1) is 24.0 Å². The van der Waals surface area contributed by atoms with E-state index in [0.29, 0.717) is 18.3 Å². The van der Waals surface area contributed by atoms with Crippen LogP contribution in [0.1, 0.15) is 37.4 Å². The van der Waals surface area contributed by atoms with Crippen molar-refractivity contribution in [3.05, 3.63) is 46.4 Å². The fourth-order valence-electron chi connectivity index (χ4n) is 2.69. The molecule has 1 aliphatic carbocycles. The lowest BCUT2D eigenvalue weighted by Crippen LogP contribution is -2.07. The van der Waals surface area contributed by atoms with Gasteiger partial charge in [-0.25, -0.2) is 4.39 Å². The number of hydrogen-bond donors (Lipinski definition) is 1. The molecule has 1 heterocycles. The molecule has 0 amide bonds. The maximum atomic E-state index is 13.7. The minimum absolute atomic E-state index is 0.255. The van der Waals surface area contributed by atoms with Crippen molar-refractivity contribution < 1.29 is 4.39 Å². The Hall–Kier alpha value is -1.36. The number of nitrogens with one attached hydrogen (secondary N) is 1. The summed E-state index contributed by atoms with van der Waals surface area (Å²) in [5, 5.41) is 7.69. The standard InChI is InChI=1S/C15H17BrFN3/c16-13-6-3-7-14(17)15(13)18-10-11-8-9-20(19-11)12-4-1-2-5-12/h3,6-9,12,18H,1-2,4-5,10H2. The van der Waals surface area contributed by atoms with Gasteiger partial charge in [0, 0.05) is 10.7 Å². The lowest BCUT2D eigenvalue weighted by atomic mass is 10.3. The van der Waals surface area contributed by atoms with Gasteiger partial charge >= 0.3 is 0 Å². The van der Waals surface area contributed by atoms with Crippen molar-refractivity contribution in [1.29, 1.82) is 0 Å². The first-order valence-corrected chi connectivity index (χ1v) is 7.75. The fourth-order valence-corrected chi connectivity index (χ4v) is 3.17. The Morgan fingerprint density at radius 2 is 2.10 bits per heavy atom. The second-order valence-electron chi connectivity index (χ2n) is 5.18. The van der Waals surface area contributed by atoms with Gasteiger partial charge in [-0.3, -0.25) is 4.68 Å². The van der Waals surface area contributed by atoms with Crippen LogP contribution < -0.4 is 5.32 Å². The van der Waals surface area contributed by atoms with Gasteiger partial charge in [0.1, 0.15) is 5.82 Å². The second-order valence-corrected chi connectivity index (χ2v) is 6.03. The first-order valence-electron chi connectivity index (χ1n) is 6.96. The van der Waals surface area contributed by atoms with Crippen LogP contribution in [-0.4, -0.2) is 9.78 Å². The van der Waals surface area contributed by atoms with Crippen LogP contribution in [-0.2, 0) is 6.54 Å². The molecule has 106 valence electrons. The molecule has 0 unspecified atom stereocenters. The zero-order chi connectivity index (χ0) is 13.9. The van der Waals surface area contributed by atoms with Crippen LogP contribution >= 0.6 is 15.9 Å². The van der Waals surface area contributed by atoms with Gasteiger partial charge in [0.2, 0.25) is 0 Å². The molecule has 0 bridgehead atoms. The molecule has 0 saturated heterocycles. The molecule has 1 aliphatic rings. The summed E-state index contributed by atoms with van der Waals surface area (Å²) in [5.74, 6) is -0.255. The molecular weight excluding hydrogens is 321 g/mol. The minimum Gasteiger partial charge on any atom is -0.376 e. The summed E-state index contributed by atoms with van der Waals surface area (Å²) in [5.41, 5.74) is 1.43. The van der Waals surface area contributed by atoms with E-state index in [4.69, 9.17) is 0 Å². The number of rotatable bonds is 4. The van der Waals surface area contributed by atoms with E-state index >= 15 is 0 Å². The minimum atomic E-state index is -0.255. The lowest BCUT2D eigenvalue weighted by Gasteiger charge is -2.10. The Morgan fingerprint density at radius 1 is 1.30 bits per heavy atom. The summed E-state index contributed by atoms with van der Waals surface area (Å²) >= 11 is 3.35. The van der Waals surface area contributed by atoms with E-state index in [1.165, 1.54) is 31.7 Å². The lowest BCUT2D eigenvalue weighted by molar-refractivity contribution is 0.463. The first kappa shape index (κ1) is 13.6. The van der Waals surface area contributed by atoms with Crippen molar-refractivity contribution in [2.24, 2.45) is 0 Å². The monoisotopic (exact) mass is 337 g/mol. The number of benzene rings is 1. The number of halogens is 2. The highest BCUT2D eigenvalue weighted by Crippen LogP contribution is 2.29. The third-order valence-corrected chi connectivity index (χ3v) is 4.43. The summed E-state index contributed by atoms with van der Waals surface area (Å²) < 4.78 is 16.5. The van der Waals surface area contributed by atoms with E-state index < -0.39 is 0 Å². The average molecular weight is 338 g/mol. The van der Waals surface area contributed by atoms with E-state index in [9.17, 15) is 4.39 Å². The smallest absolute Gasteiger partial charge is 0.147 e. The van der Waals surface area contributed by atoms with Gasteiger partial charge in [0.25, 0.3) is 0 Å². The van der Waals surface area contributed by atoms with E-state index in [-0.39, 0.29) is 5.82 Å². The summed E-state index contributed by atoms with van der Waals surface area (Å²) in [7, 11) is 0. The Labute approximate surface area is 126 Å². The van der Waals surface area contributed by atoms with Crippen LogP contribution in [0.4, 0.5) is 10.1 Å². The third kappa shape index (κ3) is 2.87. The van der Waals surface area contributed by atoms with Crippen LogP contribution in [0.3, 0.4) is 0 Å². The van der Waals surface area contributed by atoms with Crippen molar-refractivity contribution in [3.8, 4) is 0 Å². The third-order valence-electron chi connectivity index (χ3n) is 3.77. The van der Waals surface area contributed by atoms with E-state index in [0.717, 1.165) is 10.2 Å². The van der Waals surface area contributed by atoms with Crippen molar-refractivity contribution in [1.82, 2.24) is 9.78 Å². The van der Waals surface area contributed by atoms with Gasteiger partial charge in [-0.05, 0) is 47.0 Å². The highest BCUT2D eigenvalue weighted by atomic mass is 79.9. The summed E-state index contributed by atoms with van der Waals surface area (Å²) in [6, 6.07) is 7.50. The summed E-state index contributed by atoms with van der Waals surface area (Å²) in [6.45, 7) is 0.527. The predicted molar refractivity (Wildman–Crippen MR) is 81.2 cm³/mol. The maximum Gasteiger partial charge on any atom is 0.147 e. The largest absolute Gasteiger partial charge is 0.376 e. The number of nitrogens with zero attached hydrogens (tertiary/aromatic N) is 2. The molecule has 20 heavy (non-hydrogen) atoms. The molecule has 0 spiro atoms. The van der Waals surface area contributed by atoms with Gasteiger partial charge in [0.15, 0.2) is 0 Å². The molecule has 3 rings (SSSR count). The number of para-hydroxylation sites is 1. The molecule has 1 N–H and O–H groups in total. The first-order chi connectivity index (χ1) is 9.74. The maximum absolute atomic E-state index is 13.7. The number of anilines is 1. The van der Waals surface area contributed by atoms with Crippen molar-refractivity contribution in [2.45, 2.75) is 38.3 Å². The van der Waals surface area contributed by atoms with Gasteiger partial charge in [-0.1, -0.05) is 18.9 Å². The molecule has 3 nitrogen and oxygen atoms in total. The molecule has 1 fully saturated rings. The molecule has 0 atom stereocenters. The van der Waals surface area contributed by atoms with Crippen LogP contribution in [0.15, 0.2) is 34.9 Å².